The Balaban J connectivity index is 2.41. The Labute approximate surface area is 88.2 Å². The molecule has 1 aromatic rings. The van der Waals surface area contributed by atoms with E-state index < -0.39 is 0 Å². The molecular weight excluding hydrogens is 194 g/mol. The van der Waals surface area contributed by atoms with Crippen molar-refractivity contribution in [1.82, 2.24) is 5.32 Å². The van der Waals surface area contributed by atoms with Crippen LogP contribution in [-0.4, -0.2) is 26.2 Å². The van der Waals surface area contributed by atoms with Crippen molar-refractivity contribution in [2.24, 2.45) is 0 Å². The number of carbonyl (C=O) groups excluding carboxylic acids is 1. The van der Waals surface area contributed by atoms with Crippen LogP contribution in [0.15, 0.2) is 12.1 Å². The first-order valence-corrected chi connectivity index (χ1v) is 4.81. The standard InChI is InChI=1S/C11H13NO3/c1-7-3-4-8(9(13)5-12-2)11-10(7)14-6-15-11/h3-4,12H,5-6H2,1-2H3. The predicted molar refractivity (Wildman–Crippen MR) is 55.6 cm³/mol. The monoisotopic (exact) mass is 207 g/mol. The van der Waals surface area contributed by atoms with E-state index in [9.17, 15) is 4.79 Å². The topological polar surface area (TPSA) is 47.6 Å². The second-order valence-electron chi connectivity index (χ2n) is 3.45. The van der Waals surface area contributed by atoms with Crippen LogP contribution in [-0.2, 0) is 0 Å². The van der Waals surface area contributed by atoms with E-state index in [1.54, 1.807) is 13.1 Å². The van der Waals surface area contributed by atoms with Gasteiger partial charge < -0.3 is 14.8 Å². The van der Waals surface area contributed by atoms with Crippen LogP contribution in [0.4, 0.5) is 0 Å². The van der Waals surface area contributed by atoms with E-state index in [2.05, 4.69) is 5.32 Å². The summed E-state index contributed by atoms with van der Waals surface area (Å²) in [6.45, 7) is 2.43. The molecule has 0 amide bonds. The van der Waals surface area contributed by atoms with Crippen molar-refractivity contribution in [3.63, 3.8) is 0 Å². The van der Waals surface area contributed by atoms with Crippen molar-refractivity contribution >= 4 is 5.78 Å². The summed E-state index contributed by atoms with van der Waals surface area (Å²) in [7, 11) is 1.74. The lowest BCUT2D eigenvalue weighted by Gasteiger charge is -2.06. The fourth-order valence-electron chi connectivity index (χ4n) is 1.61. The number of rotatable bonds is 3. The van der Waals surface area contributed by atoms with Gasteiger partial charge in [0.25, 0.3) is 0 Å². The summed E-state index contributed by atoms with van der Waals surface area (Å²) in [5.74, 6) is 1.28. The lowest BCUT2D eigenvalue weighted by molar-refractivity contribution is 0.0989. The van der Waals surface area contributed by atoms with E-state index in [4.69, 9.17) is 9.47 Å². The average Bonchev–Trinajstić information content (AvgIpc) is 2.68. The first kappa shape index (κ1) is 9.98. The molecule has 0 fully saturated rings. The minimum Gasteiger partial charge on any atom is -0.453 e. The van der Waals surface area contributed by atoms with Gasteiger partial charge in [-0.2, -0.15) is 0 Å². The molecule has 0 aliphatic carbocycles. The van der Waals surface area contributed by atoms with Gasteiger partial charge in [0.2, 0.25) is 6.79 Å². The van der Waals surface area contributed by atoms with E-state index in [-0.39, 0.29) is 12.6 Å². The Morgan fingerprint density at radius 3 is 2.87 bits per heavy atom. The van der Waals surface area contributed by atoms with Crippen molar-refractivity contribution in [3.05, 3.63) is 23.3 Å². The van der Waals surface area contributed by atoms with Gasteiger partial charge in [-0.3, -0.25) is 4.79 Å². The molecule has 0 bridgehead atoms. The number of Topliss-reactive ketones (excluding diaryl/α,β-unsaturated/α-hetero) is 1. The number of likely N-dealkylation sites (N-methyl/N-ethyl adjacent to an activating group) is 1. The van der Waals surface area contributed by atoms with Crippen molar-refractivity contribution < 1.29 is 14.3 Å². The molecule has 1 heterocycles. The zero-order valence-electron chi connectivity index (χ0n) is 8.79. The minimum absolute atomic E-state index is 0.0132. The molecule has 0 radical (unpaired) electrons. The molecule has 15 heavy (non-hydrogen) atoms. The fourth-order valence-corrected chi connectivity index (χ4v) is 1.61. The molecule has 1 aromatic carbocycles. The van der Waals surface area contributed by atoms with Gasteiger partial charge in [0.1, 0.15) is 0 Å². The SMILES string of the molecule is CNCC(=O)c1ccc(C)c2c1OCO2. The maximum atomic E-state index is 11.7. The van der Waals surface area contributed by atoms with E-state index in [1.165, 1.54) is 0 Å². The molecular formula is C11H13NO3. The fraction of sp³-hybridized carbons (Fsp3) is 0.364. The van der Waals surface area contributed by atoms with Gasteiger partial charge in [0.05, 0.1) is 12.1 Å². The molecule has 1 aliphatic rings. The van der Waals surface area contributed by atoms with Crippen molar-refractivity contribution in [2.75, 3.05) is 20.4 Å². The van der Waals surface area contributed by atoms with Crippen molar-refractivity contribution in [2.45, 2.75) is 6.92 Å². The van der Waals surface area contributed by atoms with Gasteiger partial charge >= 0.3 is 0 Å². The first-order chi connectivity index (χ1) is 7.24. The van der Waals surface area contributed by atoms with Crippen LogP contribution >= 0.6 is 0 Å². The summed E-state index contributed by atoms with van der Waals surface area (Å²) in [6, 6.07) is 3.65. The highest BCUT2D eigenvalue weighted by Gasteiger charge is 2.23. The van der Waals surface area contributed by atoms with Crippen LogP contribution in [0.25, 0.3) is 0 Å². The van der Waals surface area contributed by atoms with Crippen molar-refractivity contribution in [1.29, 1.82) is 0 Å². The van der Waals surface area contributed by atoms with E-state index >= 15 is 0 Å². The van der Waals surface area contributed by atoms with Gasteiger partial charge in [-0.25, -0.2) is 0 Å². The summed E-state index contributed by atoms with van der Waals surface area (Å²) < 4.78 is 10.6. The molecule has 0 saturated carbocycles. The first-order valence-electron chi connectivity index (χ1n) is 4.81. The lowest BCUT2D eigenvalue weighted by atomic mass is 10.1. The van der Waals surface area contributed by atoms with E-state index in [1.807, 2.05) is 13.0 Å². The second kappa shape index (κ2) is 3.90. The Morgan fingerprint density at radius 2 is 2.13 bits per heavy atom. The third kappa shape index (κ3) is 1.68. The lowest BCUT2D eigenvalue weighted by Crippen LogP contribution is -2.18. The summed E-state index contributed by atoms with van der Waals surface area (Å²) in [5.41, 5.74) is 1.57. The molecule has 1 aliphatic heterocycles. The normalized spacial score (nSPS) is 12.9. The molecule has 0 spiro atoms. The van der Waals surface area contributed by atoms with E-state index in [0.717, 1.165) is 5.56 Å². The quantitative estimate of drug-likeness (QED) is 0.755. The predicted octanol–water partition coefficient (Wildman–Crippen LogP) is 1.13. The number of ketones is 1. The average molecular weight is 207 g/mol. The number of benzene rings is 1. The van der Waals surface area contributed by atoms with Gasteiger partial charge in [-0.15, -0.1) is 0 Å². The third-order valence-electron chi connectivity index (χ3n) is 2.35. The highest BCUT2D eigenvalue weighted by molar-refractivity contribution is 6.01. The Hall–Kier alpha value is -1.55. The van der Waals surface area contributed by atoms with Crippen LogP contribution in [0, 0.1) is 6.92 Å². The number of hydrogen-bond donors (Lipinski definition) is 1. The Morgan fingerprint density at radius 1 is 1.40 bits per heavy atom. The van der Waals surface area contributed by atoms with Gasteiger partial charge in [-0.1, -0.05) is 6.07 Å². The number of hydrogen-bond acceptors (Lipinski definition) is 4. The zero-order chi connectivity index (χ0) is 10.8. The third-order valence-corrected chi connectivity index (χ3v) is 2.35. The molecule has 2 rings (SSSR count). The maximum Gasteiger partial charge on any atom is 0.231 e. The molecule has 1 N–H and O–H groups in total. The highest BCUT2D eigenvalue weighted by Crippen LogP contribution is 2.38. The summed E-state index contributed by atoms with van der Waals surface area (Å²) in [5, 5.41) is 2.83. The zero-order valence-corrected chi connectivity index (χ0v) is 8.79. The van der Waals surface area contributed by atoms with Gasteiger partial charge in [0, 0.05) is 0 Å². The van der Waals surface area contributed by atoms with Crippen LogP contribution in [0.5, 0.6) is 11.5 Å². The number of nitrogens with one attached hydrogen (secondary N) is 1. The molecule has 80 valence electrons. The highest BCUT2D eigenvalue weighted by atomic mass is 16.7. The Bertz CT molecular complexity index is 401. The van der Waals surface area contributed by atoms with Gasteiger partial charge in [-0.05, 0) is 25.6 Å². The minimum atomic E-state index is 0.0132. The van der Waals surface area contributed by atoms with Crippen LogP contribution in [0.1, 0.15) is 15.9 Å². The van der Waals surface area contributed by atoms with E-state index in [0.29, 0.717) is 23.6 Å². The molecule has 4 nitrogen and oxygen atoms in total. The van der Waals surface area contributed by atoms with Crippen molar-refractivity contribution in [3.8, 4) is 11.5 Å². The molecule has 0 unspecified atom stereocenters. The molecule has 0 saturated heterocycles. The van der Waals surface area contributed by atoms with Crippen LogP contribution in [0.3, 0.4) is 0 Å². The number of ether oxygens (including phenoxy) is 2. The summed E-state index contributed by atoms with van der Waals surface area (Å²) >= 11 is 0. The molecule has 4 heteroatoms. The summed E-state index contributed by atoms with van der Waals surface area (Å²) in [6.07, 6.45) is 0. The Kier molecular flexibility index (Phi) is 2.60. The largest absolute Gasteiger partial charge is 0.453 e. The molecule has 0 aromatic heterocycles. The van der Waals surface area contributed by atoms with Crippen LogP contribution < -0.4 is 14.8 Å². The maximum absolute atomic E-state index is 11.7. The number of fused-ring (bicyclic) bond motifs is 1. The second-order valence-corrected chi connectivity index (χ2v) is 3.45. The molecule has 0 atom stereocenters. The van der Waals surface area contributed by atoms with Gasteiger partial charge in [0.15, 0.2) is 17.3 Å². The number of aryl methyl sites for hydroxylation is 1. The van der Waals surface area contributed by atoms with Crippen LogP contribution in [0.2, 0.25) is 0 Å². The number of carbonyl (C=O) groups is 1. The smallest absolute Gasteiger partial charge is 0.231 e. The summed E-state index contributed by atoms with van der Waals surface area (Å²) in [4.78, 5) is 11.7.